The zero-order valence-electron chi connectivity index (χ0n) is 28.4. The van der Waals surface area contributed by atoms with Crippen LogP contribution in [0.4, 0.5) is 0 Å². The number of esters is 2. The third-order valence-corrected chi connectivity index (χ3v) is 7.33. The van der Waals surface area contributed by atoms with Crippen LogP contribution < -0.4 is 0 Å². The standard InChI is InChI=1S/C39H66O5/c1-3-5-7-9-11-13-15-17-18-19-20-22-24-26-28-30-32-34-39(42)44-37(35-40)36-43-38(41)33-31-29-27-25-23-21-16-14-12-10-8-6-4-2/h5,7,11,13,17-18,20,22,26,28,37,40H,3-4,6,8-10,12,14-16,19,21,23-25,27,29-36H2,1-2H3/b7-5+,13-11+,18-17+,22-20+,28-26+/t37-/m0/s1. The summed E-state index contributed by atoms with van der Waals surface area (Å²) in [4.78, 5) is 24.1. The van der Waals surface area contributed by atoms with Crippen molar-refractivity contribution in [2.45, 2.75) is 161 Å². The summed E-state index contributed by atoms with van der Waals surface area (Å²) in [7, 11) is 0. The Kier molecular flexibility index (Phi) is 33.2. The van der Waals surface area contributed by atoms with Crippen molar-refractivity contribution in [3.8, 4) is 0 Å². The van der Waals surface area contributed by atoms with Gasteiger partial charge in [0.15, 0.2) is 6.10 Å². The third-order valence-electron chi connectivity index (χ3n) is 7.33. The van der Waals surface area contributed by atoms with Gasteiger partial charge in [0, 0.05) is 12.8 Å². The molecule has 0 saturated heterocycles. The minimum atomic E-state index is -0.799. The Hall–Kier alpha value is -2.40. The molecule has 0 aliphatic heterocycles. The van der Waals surface area contributed by atoms with Gasteiger partial charge in [0.1, 0.15) is 6.61 Å². The Morgan fingerprint density at radius 2 is 0.977 bits per heavy atom. The molecule has 0 radical (unpaired) electrons. The van der Waals surface area contributed by atoms with Crippen molar-refractivity contribution < 1.29 is 24.2 Å². The molecule has 0 aromatic carbocycles. The minimum Gasteiger partial charge on any atom is -0.462 e. The van der Waals surface area contributed by atoms with E-state index in [1.807, 2.05) is 0 Å². The summed E-state index contributed by atoms with van der Waals surface area (Å²) in [5.74, 6) is -0.662. The van der Waals surface area contributed by atoms with Gasteiger partial charge >= 0.3 is 11.9 Å². The van der Waals surface area contributed by atoms with Gasteiger partial charge in [-0.15, -0.1) is 0 Å². The number of ether oxygens (including phenoxy) is 2. The highest BCUT2D eigenvalue weighted by atomic mass is 16.6. The quantitative estimate of drug-likeness (QED) is 0.0478. The second kappa shape index (κ2) is 35.1. The Balaban J connectivity index is 3.70. The smallest absolute Gasteiger partial charge is 0.306 e. The largest absolute Gasteiger partial charge is 0.462 e. The summed E-state index contributed by atoms with van der Waals surface area (Å²) >= 11 is 0. The first-order valence-electron chi connectivity index (χ1n) is 17.8. The molecule has 0 aromatic rings. The van der Waals surface area contributed by atoms with Crippen LogP contribution >= 0.6 is 0 Å². The molecule has 0 fully saturated rings. The number of hydrogen-bond donors (Lipinski definition) is 1. The molecule has 0 unspecified atom stereocenters. The summed E-state index contributed by atoms with van der Waals surface area (Å²) in [5.41, 5.74) is 0. The summed E-state index contributed by atoms with van der Waals surface area (Å²) in [5, 5.41) is 9.51. The maximum absolute atomic E-state index is 12.1. The minimum absolute atomic E-state index is 0.0890. The molecule has 0 bridgehead atoms. The molecule has 0 saturated carbocycles. The number of carbonyl (C=O) groups is 2. The van der Waals surface area contributed by atoms with Crippen LogP contribution in [0.2, 0.25) is 0 Å². The van der Waals surface area contributed by atoms with Gasteiger partial charge in [-0.1, -0.05) is 152 Å². The van der Waals surface area contributed by atoms with E-state index in [1.54, 1.807) is 0 Å². The van der Waals surface area contributed by atoms with E-state index >= 15 is 0 Å². The number of unbranched alkanes of at least 4 members (excludes halogenated alkanes) is 13. The third kappa shape index (κ3) is 32.5. The predicted molar refractivity (Wildman–Crippen MR) is 187 cm³/mol. The van der Waals surface area contributed by atoms with Crippen molar-refractivity contribution in [1.29, 1.82) is 0 Å². The first-order chi connectivity index (χ1) is 21.6. The number of aliphatic hydroxyl groups is 1. The normalized spacial score (nSPS) is 12.9. The average Bonchev–Trinajstić information content (AvgIpc) is 3.02. The van der Waals surface area contributed by atoms with Gasteiger partial charge < -0.3 is 14.6 Å². The number of hydrogen-bond acceptors (Lipinski definition) is 5. The van der Waals surface area contributed by atoms with Crippen LogP contribution in [0.5, 0.6) is 0 Å². The van der Waals surface area contributed by atoms with E-state index < -0.39 is 6.10 Å². The molecule has 0 spiro atoms. The second-order valence-corrected chi connectivity index (χ2v) is 11.6. The lowest BCUT2D eigenvalue weighted by atomic mass is 10.0. The van der Waals surface area contributed by atoms with Gasteiger partial charge in [0.2, 0.25) is 0 Å². The van der Waals surface area contributed by atoms with Crippen LogP contribution in [-0.2, 0) is 19.1 Å². The molecule has 0 amide bonds. The highest BCUT2D eigenvalue weighted by molar-refractivity contribution is 5.70. The predicted octanol–water partition coefficient (Wildman–Crippen LogP) is 10.8. The summed E-state index contributed by atoms with van der Waals surface area (Å²) < 4.78 is 10.5. The molecule has 252 valence electrons. The Bertz CT molecular complexity index is 792. The van der Waals surface area contributed by atoms with Crippen molar-refractivity contribution in [2.24, 2.45) is 0 Å². The topological polar surface area (TPSA) is 72.8 Å². The van der Waals surface area contributed by atoms with E-state index in [9.17, 15) is 14.7 Å². The highest BCUT2D eigenvalue weighted by Crippen LogP contribution is 2.13. The van der Waals surface area contributed by atoms with Gasteiger partial charge in [0.25, 0.3) is 0 Å². The molecule has 0 rings (SSSR count). The maximum atomic E-state index is 12.1. The van der Waals surface area contributed by atoms with Crippen molar-refractivity contribution >= 4 is 11.9 Å². The molecule has 0 aliphatic carbocycles. The van der Waals surface area contributed by atoms with E-state index in [1.165, 1.54) is 64.2 Å². The van der Waals surface area contributed by atoms with Crippen LogP contribution in [-0.4, -0.2) is 36.4 Å². The molecule has 1 atom stereocenters. The van der Waals surface area contributed by atoms with Gasteiger partial charge in [-0.05, 0) is 51.4 Å². The van der Waals surface area contributed by atoms with Crippen LogP contribution in [0, 0.1) is 0 Å². The van der Waals surface area contributed by atoms with Crippen molar-refractivity contribution in [3.05, 3.63) is 60.8 Å². The van der Waals surface area contributed by atoms with E-state index in [-0.39, 0.29) is 31.6 Å². The monoisotopic (exact) mass is 614 g/mol. The van der Waals surface area contributed by atoms with Gasteiger partial charge in [-0.3, -0.25) is 9.59 Å². The number of allylic oxidation sites excluding steroid dienone is 10. The molecule has 0 heterocycles. The second-order valence-electron chi connectivity index (χ2n) is 11.6. The fraction of sp³-hybridized carbons (Fsp3) is 0.692. The molecule has 44 heavy (non-hydrogen) atoms. The maximum Gasteiger partial charge on any atom is 0.306 e. The van der Waals surface area contributed by atoms with Crippen LogP contribution in [0.25, 0.3) is 0 Å². The lowest BCUT2D eigenvalue weighted by molar-refractivity contribution is -0.161. The molecular weight excluding hydrogens is 548 g/mol. The molecule has 5 heteroatoms. The SMILES string of the molecule is CC/C=C/C/C=C/C/C=C/C/C=C/C/C=C/CCCC(=O)O[C@@H](CO)COC(=O)CCCCCCCCCCCCCCC. The Labute approximate surface area is 271 Å². The van der Waals surface area contributed by atoms with Gasteiger partial charge in [-0.2, -0.15) is 0 Å². The van der Waals surface area contributed by atoms with E-state index in [2.05, 4.69) is 74.6 Å². The first kappa shape index (κ1) is 41.6. The van der Waals surface area contributed by atoms with Crippen LogP contribution in [0.3, 0.4) is 0 Å². The molecule has 5 nitrogen and oxygen atoms in total. The fourth-order valence-corrected chi connectivity index (χ4v) is 4.65. The number of aliphatic hydroxyl groups excluding tert-OH is 1. The Morgan fingerprint density at radius 3 is 1.45 bits per heavy atom. The van der Waals surface area contributed by atoms with Crippen LogP contribution in [0.1, 0.15) is 155 Å². The zero-order valence-corrected chi connectivity index (χ0v) is 28.4. The van der Waals surface area contributed by atoms with Gasteiger partial charge in [-0.25, -0.2) is 0 Å². The number of carbonyl (C=O) groups excluding carboxylic acids is 2. The van der Waals surface area contributed by atoms with E-state index in [0.717, 1.165) is 57.8 Å². The van der Waals surface area contributed by atoms with E-state index in [0.29, 0.717) is 12.8 Å². The van der Waals surface area contributed by atoms with Crippen molar-refractivity contribution in [2.75, 3.05) is 13.2 Å². The summed E-state index contributed by atoms with van der Waals surface area (Å²) in [6, 6.07) is 0. The zero-order chi connectivity index (χ0) is 32.2. The lowest BCUT2D eigenvalue weighted by Gasteiger charge is -2.15. The number of rotatable bonds is 31. The molecule has 0 aliphatic rings. The average molecular weight is 615 g/mol. The summed E-state index contributed by atoms with van der Waals surface area (Å²) in [6.45, 7) is 3.96. The lowest BCUT2D eigenvalue weighted by Crippen LogP contribution is -2.28. The van der Waals surface area contributed by atoms with Crippen LogP contribution in [0.15, 0.2) is 60.8 Å². The van der Waals surface area contributed by atoms with E-state index in [4.69, 9.17) is 9.47 Å². The molecule has 1 N–H and O–H groups in total. The molecular formula is C39H66O5. The van der Waals surface area contributed by atoms with Crippen molar-refractivity contribution in [1.82, 2.24) is 0 Å². The van der Waals surface area contributed by atoms with Crippen molar-refractivity contribution in [3.63, 3.8) is 0 Å². The summed E-state index contributed by atoms with van der Waals surface area (Å²) in [6.07, 6.45) is 44.2. The highest BCUT2D eigenvalue weighted by Gasteiger charge is 2.15. The molecule has 0 aromatic heterocycles. The first-order valence-corrected chi connectivity index (χ1v) is 17.8. The van der Waals surface area contributed by atoms with Gasteiger partial charge in [0.05, 0.1) is 6.61 Å². The Morgan fingerprint density at radius 1 is 0.545 bits per heavy atom. The fourth-order valence-electron chi connectivity index (χ4n) is 4.65.